The molecule has 0 radical (unpaired) electrons. The second-order valence-electron chi connectivity index (χ2n) is 5.91. The molecule has 4 heteroatoms. The van der Waals surface area contributed by atoms with Gasteiger partial charge in [-0.05, 0) is 36.5 Å². The minimum atomic E-state index is -0.115. The summed E-state index contributed by atoms with van der Waals surface area (Å²) in [6, 6.07) is 7.96. The lowest BCUT2D eigenvalue weighted by atomic mass is 10.00. The van der Waals surface area contributed by atoms with Gasteiger partial charge in [-0.3, -0.25) is 4.90 Å². The van der Waals surface area contributed by atoms with E-state index in [4.69, 9.17) is 10.00 Å². The van der Waals surface area contributed by atoms with Crippen molar-refractivity contribution in [3.05, 3.63) is 29.3 Å². The number of aliphatic hydroxyl groups excluding tert-OH is 1. The van der Waals surface area contributed by atoms with E-state index in [1.165, 1.54) is 0 Å². The van der Waals surface area contributed by atoms with Crippen LogP contribution in [0.2, 0.25) is 0 Å². The third-order valence-electron chi connectivity index (χ3n) is 4.69. The molecule has 1 heterocycles. The molecule has 3 atom stereocenters. The zero-order valence-corrected chi connectivity index (χ0v) is 11.7. The summed E-state index contributed by atoms with van der Waals surface area (Å²) in [4.78, 5) is 2.39. The lowest BCUT2D eigenvalue weighted by Gasteiger charge is -2.18. The maximum atomic E-state index is 9.95. The van der Waals surface area contributed by atoms with Crippen molar-refractivity contribution in [2.45, 2.75) is 25.5 Å². The molecule has 2 fully saturated rings. The molecule has 0 bridgehead atoms. The largest absolute Gasteiger partial charge is 0.495 e. The van der Waals surface area contributed by atoms with Gasteiger partial charge in [0.2, 0.25) is 0 Å². The number of nitrogens with zero attached hydrogens (tertiary/aromatic N) is 2. The molecule has 0 aromatic heterocycles. The van der Waals surface area contributed by atoms with Gasteiger partial charge in [0.25, 0.3) is 0 Å². The first-order valence-electron chi connectivity index (χ1n) is 7.18. The van der Waals surface area contributed by atoms with E-state index in [1.807, 2.05) is 18.2 Å². The molecule has 106 valence electrons. The molecule has 2 aliphatic rings. The molecule has 1 aliphatic carbocycles. The number of benzene rings is 1. The maximum Gasteiger partial charge on any atom is 0.136 e. The van der Waals surface area contributed by atoms with E-state index in [1.54, 1.807) is 7.11 Å². The molecule has 4 nitrogen and oxygen atoms in total. The Morgan fingerprint density at radius 2 is 2.25 bits per heavy atom. The second kappa shape index (κ2) is 5.43. The average molecular weight is 272 g/mol. The molecule has 0 spiro atoms. The SMILES string of the molecule is COc1ccc(CN2CC3CCC(O)C3C2)cc1C#N. The Bertz CT molecular complexity index is 538. The quantitative estimate of drug-likeness (QED) is 0.911. The van der Waals surface area contributed by atoms with Crippen LogP contribution in [0.1, 0.15) is 24.0 Å². The van der Waals surface area contributed by atoms with Crippen LogP contribution in [0, 0.1) is 23.2 Å². The molecule has 1 saturated carbocycles. The first kappa shape index (κ1) is 13.4. The molecular formula is C16H20N2O2. The molecule has 1 aromatic rings. The van der Waals surface area contributed by atoms with Gasteiger partial charge >= 0.3 is 0 Å². The lowest BCUT2D eigenvalue weighted by molar-refractivity contribution is 0.123. The number of hydrogen-bond acceptors (Lipinski definition) is 4. The van der Waals surface area contributed by atoms with Crippen molar-refractivity contribution in [2.24, 2.45) is 11.8 Å². The van der Waals surface area contributed by atoms with Crippen LogP contribution in [0.15, 0.2) is 18.2 Å². The van der Waals surface area contributed by atoms with Crippen molar-refractivity contribution in [2.75, 3.05) is 20.2 Å². The molecule has 0 amide bonds. The number of methoxy groups -OCH3 is 1. The monoisotopic (exact) mass is 272 g/mol. The smallest absolute Gasteiger partial charge is 0.136 e. The van der Waals surface area contributed by atoms with Gasteiger partial charge in [-0.2, -0.15) is 5.26 Å². The van der Waals surface area contributed by atoms with Gasteiger partial charge in [0.1, 0.15) is 11.8 Å². The zero-order chi connectivity index (χ0) is 14.1. The second-order valence-corrected chi connectivity index (χ2v) is 5.91. The van der Waals surface area contributed by atoms with Gasteiger partial charge in [0.05, 0.1) is 18.8 Å². The van der Waals surface area contributed by atoms with E-state index >= 15 is 0 Å². The van der Waals surface area contributed by atoms with Gasteiger partial charge in [0, 0.05) is 25.6 Å². The fraction of sp³-hybridized carbons (Fsp3) is 0.562. The van der Waals surface area contributed by atoms with E-state index in [0.717, 1.165) is 38.0 Å². The van der Waals surface area contributed by atoms with Gasteiger partial charge < -0.3 is 9.84 Å². The van der Waals surface area contributed by atoms with E-state index in [2.05, 4.69) is 11.0 Å². The van der Waals surface area contributed by atoms with Crippen LogP contribution in [0.25, 0.3) is 0 Å². The molecule has 1 saturated heterocycles. The van der Waals surface area contributed by atoms with Gasteiger partial charge in [-0.1, -0.05) is 6.07 Å². The highest BCUT2D eigenvalue weighted by molar-refractivity contribution is 5.45. The summed E-state index contributed by atoms with van der Waals surface area (Å²) < 4.78 is 5.17. The van der Waals surface area contributed by atoms with E-state index < -0.39 is 0 Å². The minimum absolute atomic E-state index is 0.115. The zero-order valence-electron chi connectivity index (χ0n) is 11.7. The molecule has 1 aliphatic heterocycles. The predicted octanol–water partition coefficient (Wildman–Crippen LogP) is 1.77. The highest BCUT2D eigenvalue weighted by Crippen LogP contribution is 2.38. The molecule has 20 heavy (non-hydrogen) atoms. The lowest BCUT2D eigenvalue weighted by Crippen LogP contribution is -2.24. The predicted molar refractivity (Wildman–Crippen MR) is 75.2 cm³/mol. The Labute approximate surface area is 119 Å². The Balaban J connectivity index is 1.69. The standard InChI is InChI=1S/C16H20N2O2/c1-20-16-5-2-11(6-13(16)7-17)8-18-9-12-3-4-15(19)14(12)10-18/h2,5-6,12,14-15,19H,3-4,8-10H2,1H3. The Kier molecular flexibility index (Phi) is 3.64. The van der Waals surface area contributed by atoms with Gasteiger partial charge in [-0.25, -0.2) is 0 Å². The van der Waals surface area contributed by atoms with Crippen LogP contribution < -0.4 is 4.74 Å². The fourth-order valence-electron chi connectivity index (χ4n) is 3.66. The van der Waals surface area contributed by atoms with Crippen molar-refractivity contribution in [3.63, 3.8) is 0 Å². The summed E-state index contributed by atoms with van der Waals surface area (Å²) in [6.45, 7) is 2.88. The van der Waals surface area contributed by atoms with E-state index in [9.17, 15) is 5.11 Å². The number of likely N-dealkylation sites (tertiary alicyclic amines) is 1. The van der Waals surface area contributed by atoms with Crippen molar-refractivity contribution in [1.29, 1.82) is 5.26 Å². The number of fused-ring (bicyclic) bond motifs is 1. The number of rotatable bonds is 3. The molecule has 1 aromatic carbocycles. The summed E-state index contributed by atoms with van der Waals surface area (Å²) in [5, 5.41) is 19.1. The van der Waals surface area contributed by atoms with Gasteiger partial charge in [-0.15, -0.1) is 0 Å². The summed E-state index contributed by atoms with van der Waals surface area (Å²) >= 11 is 0. The number of hydrogen-bond donors (Lipinski definition) is 1. The van der Waals surface area contributed by atoms with Crippen LogP contribution in [-0.4, -0.2) is 36.3 Å². The normalized spacial score (nSPS) is 29.1. The number of aliphatic hydroxyl groups is 1. The Morgan fingerprint density at radius 1 is 1.40 bits per heavy atom. The number of nitriles is 1. The van der Waals surface area contributed by atoms with Crippen molar-refractivity contribution in [3.8, 4) is 11.8 Å². The first-order valence-corrected chi connectivity index (χ1v) is 7.18. The topological polar surface area (TPSA) is 56.5 Å². The van der Waals surface area contributed by atoms with Crippen LogP contribution >= 0.6 is 0 Å². The highest BCUT2D eigenvalue weighted by atomic mass is 16.5. The summed E-state index contributed by atoms with van der Waals surface area (Å²) in [7, 11) is 1.58. The summed E-state index contributed by atoms with van der Waals surface area (Å²) in [6.07, 6.45) is 1.99. The fourth-order valence-corrected chi connectivity index (χ4v) is 3.66. The van der Waals surface area contributed by atoms with Crippen molar-refractivity contribution < 1.29 is 9.84 Å². The van der Waals surface area contributed by atoms with Crippen LogP contribution in [-0.2, 0) is 6.54 Å². The Morgan fingerprint density at radius 3 is 2.95 bits per heavy atom. The van der Waals surface area contributed by atoms with Crippen LogP contribution in [0.3, 0.4) is 0 Å². The van der Waals surface area contributed by atoms with Crippen molar-refractivity contribution in [1.82, 2.24) is 4.90 Å². The van der Waals surface area contributed by atoms with Crippen molar-refractivity contribution >= 4 is 0 Å². The van der Waals surface area contributed by atoms with Crippen LogP contribution in [0.5, 0.6) is 5.75 Å². The highest BCUT2D eigenvalue weighted by Gasteiger charge is 2.41. The maximum absolute atomic E-state index is 9.95. The van der Waals surface area contributed by atoms with E-state index in [0.29, 0.717) is 23.1 Å². The van der Waals surface area contributed by atoms with E-state index in [-0.39, 0.29) is 6.10 Å². The average Bonchev–Trinajstić information content (AvgIpc) is 3.01. The van der Waals surface area contributed by atoms with Gasteiger partial charge in [0.15, 0.2) is 0 Å². The summed E-state index contributed by atoms with van der Waals surface area (Å²) in [5.41, 5.74) is 1.72. The molecule has 3 rings (SSSR count). The minimum Gasteiger partial charge on any atom is -0.495 e. The van der Waals surface area contributed by atoms with Crippen LogP contribution in [0.4, 0.5) is 0 Å². The summed E-state index contributed by atoms with van der Waals surface area (Å²) in [5.74, 6) is 1.73. The molecule has 3 unspecified atom stereocenters. The molecular weight excluding hydrogens is 252 g/mol. The Hall–Kier alpha value is -1.57. The molecule has 1 N–H and O–H groups in total. The third kappa shape index (κ3) is 2.39. The third-order valence-corrected chi connectivity index (χ3v) is 4.69. The first-order chi connectivity index (χ1) is 9.71. The number of ether oxygens (including phenoxy) is 1.